The Balaban J connectivity index is 3.05. The minimum absolute atomic E-state index is 0.0973. The molecule has 2 N–H and O–H groups in total. The highest BCUT2D eigenvalue weighted by atomic mass is 79.9. The van der Waals surface area contributed by atoms with Crippen molar-refractivity contribution in [1.82, 2.24) is 4.90 Å². The normalized spacial score (nSPS) is 15.2. The number of nitrogens with zero attached hydrogens (tertiary/aromatic N) is 1. The van der Waals surface area contributed by atoms with Crippen molar-refractivity contribution in [3.63, 3.8) is 0 Å². The molecule has 0 aliphatic carbocycles. The average Bonchev–Trinajstić information content (AvgIpc) is 2.33. The van der Waals surface area contributed by atoms with Crippen molar-refractivity contribution in [1.29, 1.82) is 0 Å². The lowest BCUT2D eigenvalue weighted by Gasteiger charge is -2.35. The summed E-state index contributed by atoms with van der Waals surface area (Å²) in [7, 11) is 2.00. The van der Waals surface area contributed by atoms with Crippen LogP contribution in [0.2, 0.25) is 0 Å². The van der Waals surface area contributed by atoms with Crippen LogP contribution in [0.4, 0.5) is 4.39 Å². The minimum Gasteiger partial charge on any atom is -0.329 e. The van der Waals surface area contributed by atoms with E-state index in [2.05, 4.69) is 41.6 Å². The van der Waals surface area contributed by atoms with E-state index in [1.165, 1.54) is 6.07 Å². The highest BCUT2D eigenvalue weighted by Crippen LogP contribution is 2.27. The van der Waals surface area contributed by atoms with Crippen LogP contribution in [0.1, 0.15) is 32.4 Å². The predicted octanol–water partition coefficient (Wildman–Crippen LogP) is 3.56. The van der Waals surface area contributed by atoms with Gasteiger partial charge in [-0.1, -0.05) is 29.8 Å². The van der Waals surface area contributed by atoms with Crippen LogP contribution in [0.25, 0.3) is 0 Å². The van der Waals surface area contributed by atoms with Crippen molar-refractivity contribution < 1.29 is 4.39 Å². The van der Waals surface area contributed by atoms with Gasteiger partial charge in [0.25, 0.3) is 0 Å². The summed E-state index contributed by atoms with van der Waals surface area (Å²) in [5.74, 6) is 0.302. The first-order valence-electron chi connectivity index (χ1n) is 6.25. The number of benzene rings is 1. The number of hydrogen-bond acceptors (Lipinski definition) is 2. The number of rotatable bonds is 5. The summed E-state index contributed by atoms with van der Waals surface area (Å²) in [6.07, 6.45) is 0. The second-order valence-corrected chi connectivity index (χ2v) is 5.98. The summed E-state index contributed by atoms with van der Waals surface area (Å²) >= 11 is 3.38. The van der Waals surface area contributed by atoms with E-state index in [1.807, 2.05) is 13.1 Å². The van der Waals surface area contributed by atoms with Crippen LogP contribution in [0, 0.1) is 11.7 Å². The molecule has 0 saturated heterocycles. The first kappa shape index (κ1) is 15.6. The number of hydrogen-bond donors (Lipinski definition) is 1. The van der Waals surface area contributed by atoms with E-state index >= 15 is 0 Å². The molecule has 0 fully saturated rings. The SMILES string of the molecule is CC(C)C(C)N(C)C(CN)c1cc(Br)ccc1F. The van der Waals surface area contributed by atoms with Gasteiger partial charge in [-0.2, -0.15) is 0 Å². The van der Waals surface area contributed by atoms with Gasteiger partial charge in [-0.25, -0.2) is 4.39 Å². The Morgan fingerprint density at radius 1 is 1.33 bits per heavy atom. The lowest BCUT2D eigenvalue weighted by Crippen LogP contribution is -2.40. The molecular formula is C14H22BrFN2. The molecule has 0 aliphatic rings. The lowest BCUT2D eigenvalue weighted by molar-refractivity contribution is 0.149. The fourth-order valence-electron chi connectivity index (χ4n) is 2.04. The van der Waals surface area contributed by atoms with Crippen molar-refractivity contribution in [3.05, 3.63) is 34.1 Å². The first-order chi connectivity index (χ1) is 8.38. The van der Waals surface area contributed by atoms with Gasteiger partial charge in [0.1, 0.15) is 5.82 Å². The second kappa shape index (κ2) is 6.64. The molecule has 0 bridgehead atoms. The Kier molecular flexibility index (Phi) is 5.76. The predicted molar refractivity (Wildman–Crippen MR) is 78.0 cm³/mol. The molecule has 0 amide bonds. The lowest BCUT2D eigenvalue weighted by atomic mass is 9.99. The van der Waals surface area contributed by atoms with E-state index < -0.39 is 0 Å². The van der Waals surface area contributed by atoms with Crippen LogP contribution in [0.15, 0.2) is 22.7 Å². The molecule has 2 unspecified atom stereocenters. The van der Waals surface area contributed by atoms with E-state index in [0.717, 1.165) is 4.47 Å². The topological polar surface area (TPSA) is 29.3 Å². The fourth-order valence-corrected chi connectivity index (χ4v) is 2.42. The van der Waals surface area contributed by atoms with Crippen LogP contribution in [-0.2, 0) is 0 Å². The molecule has 18 heavy (non-hydrogen) atoms. The standard InChI is InChI=1S/C14H22BrFN2/c1-9(2)10(3)18(4)14(8-17)12-7-11(15)5-6-13(12)16/h5-7,9-10,14H,8,17H2,1-4H3. The summed E-state index contributed by atoms with van der Waals surface area (Å²) < 4.78 is 14.8. The Bertz CT molecular complexity index is 395. The molecule has 0 aromatic heterocycles. The van der Waals surface area contributed by atoms with Crippen LogP contribution in [-0.4, -0.2) is 24.5 Å². The first-order valence-corrected chi connectivity index (χ1v) is 7.04. The van der Waals surface area contributed by atoms with E-state index in [1.54, 1.807) is 6.07 Å². The fraction of sp³-hybridized carbons (Fsp3) is 0.571. The molecule has 0 heterocycles. The summed E-state index contributed by atoms with van der Waals surface area (Å²) in [5.41, 5.74) is 6.49. The summed E-state index contributed by atoms with van der Waals surface area (Å²) in [5, 5.41) is 0. The Labute approximate surface area is 117 Å². The van der Waals surface area contributed by atoms with Crippen molar-refractivity contribution in [2.45, 2.75) is 32.9 Å². The molecular weight excluding hydrogens is 295 g/mol. The minimum atomic E-state index is -0.198. The molecule has 0 saturated carbocycles. The third-order valence-electron chi connectivity index (χ3n) is 3.64. The number of nitrogens with two attached hydrogens (primary N) is 1. The maximum Gasteiger partial charge on any atom is 0.128 e. The van der Waals surface area contributed by atoms with Gasteiger partial charge in [0.2, 0.25) is 0 Å². The molecule has 1 aromatic rings. The van der Waals surface area contributed by atoms with Gasteiger partial charge < -0.3 is 5.73 Å². The third-order valence-corrected chi connectivity index (χ3v) is 4.13. The van der Waals surface area contributed by atoms with E-state index in [9.17, 15) is 4.39 Å². The van der Waals surface area contributed by atoms with E-state index in [0.29, 0.717) is 24.1 Å². The highest BCUT2D eigenvalue weighted by molar-refractivity contribution is 9.10. The molecule has 0 spiro atoms. The van der Waals surface area contributed by atoms with E-state index in [-0.39, 0.29) is 11.9 Å². The van der Waals surface area contributed by atoms with Gasteiger partial charge in [0, 0.05) is 28.7 Å². The summed E-state index contributed by atoms with van der Waals surface area (Å²) in [4.78, 5) is 2.15. The Hall–Kier alpha value is -0.450. The largest absolute Gasteiger partial charge is 0.329 e. The summed E-state index contributed by atoms with van der Waals surface area (Å²) in [6.45, 7) is 6.86. The maximum absolute atomic E-state index is 13.9. The molecule has 1 rings (SSSR count). The number of halogens is 2. The highest BCUT2D eigenvalue weighted by Gasteiger charge is 2.24. The van der Waals surface area contributed by atoms with Crippen LogP contribution in [0.5, 0.6) is 0 Å². The van der Waals surface area contributed by atoms with Gasteiger partial charge in [-0.3, -0.25) is 4.90 Å². The quantitative estimate of drug-likeness (QED) is 0.900. The van der Waals surface area contributed by atoms with Crippen molar-refractivity contribution in [2.75, 3.05) is 13.6 Å². The van der Waals surface area contributed by atoms with Crippen LogP contribution in [0.3, 0.4) is 0 Å². The van der Waals surface area contributed by atoms with Crippen molar-refractivity contribution in [2.24, 2.45) is 11.7 Å². The molecule has 2 atom stereocenters. The zero-order valence-electron chi connectivity index (χ0n) is 11.5. The smallest absolute Gasteiger partial charge is 0.128 e. The van der Waals surface area contributed by atoms with E-state index in [4.69, 9.17) is 5.73 Å². The van der Waals surface area contributed by atoms with Crippen molar-refractivity contribution in [3.8, 4) is 0 Å². The molecule has 4 heteroatoms. The zero-order valence-corrected chi connectivity index (χ0v) is 13.0. The Morgan fingerprint density at radius 2 is 1.94 bits per heavy atom. The monoisotopic (exact) mass is 316 g/mol. The summed E-state index contributed by atoms with van der Waals surface area (Å²) in [6, 6.07) is 5.25. The molecule has 2 nitrogen and oxygen atoms in total. The van der Waals surface area contributed by atoms with Crippen LogP contribution >= 0.6 is 15.9 Å². The maximum atomic E-state index is 13.9. The van der Waals surface area contributed by atoms with Gasteiger partial charge in [0.15, 0.2) is 0 Å². The van der Waals surface area contributed by atoms with Gasteiger partial charge >= 0.3 is 0 Å². The van der Waals surface area contributed by atoms with Crippen LogP contribution < -0.4 is 5.73 Å². The average molecular weight is 317 g/mol. The third kappa shape index (κ3) is 3.53. The second-order valence-electron chi connectivity index (χ2n) is 5.07. The molecule has 102 valence electrons. The molecule has 0 radical (unpaired) electrons. The van der Waals surface area contributed by atoms with Gasteiger partial charge in [-0.05, 0) is 38.1 Å². The Morgan fingerprint density at radius 3 is 2.44 bits per heavy atom. The van der Waals surface area contributed by atoms with Crippen molar-refractivity contribution >= 4 is 15.9 Å². The molecule has 1 aromatic carbocycles. The van der Waals surface area contributed by atoms with Gasteiger partial charge in [-0.15, -0.1) is 0 Å². The zero-order chi connectivity index (χ0) is 13.9. The number of likely N-dealkylation sites (N-methyl/N-ethyl adjacent to an activating group) is 1. The van der Waals surface area contributed by atoms with Gasteiger partial charge in [0.05, 0.1) is 0 Å². The molecule has 0 aliphatic heterocycles.